The molecule has 1 saturated carbocycles. The highest BCUT2D eigenvalue weighted by Gasteiger charge is 2.19. The molecule has 1 aliphatic carbocycles. The van der Waals surface area contributed by atoms with Crippen molar-refractivity contribution < 1.29 is 4.74 Å². The maximum absolute atomic E-state index is 5.75. The summed E-state index contributed by atoms with van der Waals surface area (Å²) in [6.45, 7) is 6.39. The number of rotatable bonds is 7. The molecule has 94 valence electrons. The molecule has 0 spiro atoms. The molecule has 0 aromatic heterocycles. The predicted molar refractivity (Wildman–Crippen MR) is 71.3 cm³/mol. The van der Waals surface area contributed by atoms with Gasteiger partial charge in [-0.3, -0.25) is 0 Å². The molecule has 0 heterocycles. The van der Waals surface area contributed by atoms with E-state index in [0.717, 1.165) is 24.6 Å². The van der Waals surface area contributed by atoms with Gasteiger partial charge in [-0.25, -0.2) is 0 Å². The molecule has 2 nitrogen and oxygen atoms in total. The van der Waals surface area contributed by atoms with Crippen LogP contribution >= 0.6 is 0 Å². The first kappa shape index (κ1) is 12.4. The maximum Gasteiger partial charge on any atom is 0.119 e. The zero-order valence-corrected chi connectivity index (χ0v) is 10.9. The largest absolute Gasteiger partial charge is 0.491 e. The van der Waals surface area contributed by atoms with Gasteiger partial charge in [0.2, 0.25) is 0 Å². The second-order valence-corrected chi connectivity index (χ2v) is 5.05. The molecule has 1 aromatic carbocycles. The van der Waals surface area contributed by atoms with Crippen molar-refractivity contribution >= 4 is 0 Å². The lowest BCUT2D eigenvalue weighted by Crippen LogP contribution is -2.16. The average molecular weight is 233 g/mol. The van der Waals surface area contributed by atoms with Crippen LogP contribution in [0.3, 0.4) is 0 Å². The third-order valence-electron chi connectivity index (χ3n) is 3.29. The summed E-state index contributed by atoms with van der Waals surface area (Å²) >= 11 is 0. The zero-order valence-electron chi connectivity index (χ0n) is 10.9. The summed E-state index contributed by atoms with van der Waals surface area (Å²) < 4.78 is 5.75. The Morgan fingerprint density at radius 3 is 2.59 bits per heavy atom. The minimum Gasteiger partial charge on any atom is -0.491 e. The summed E-state index contributed by atoms with van der Waals surface area (Å²) in [4.78, 5) is 0. The highest BCUT2D eigenvalue weighted by molar-refractivity contribution is 5.27. The van der Waals surface area contributed by atoms with Gasteiger partial charge in [0.1, 0.15) is 5.75 Å². The summed E-state index contributed by atoms with van der Waals surface area (Å²) in [5, 5.41) is 3.49. The Balaban J connectivity index is 1.75. The topological polar surface area (TPSA) is 21.3 Å². The summed E-state index contributed by atoms with van der Waals surface area (Å²) in [5.74, 6) is 1.92. The lowest BCUT2D eigenvalue weighted by molar-refractivity contribution is 0.217. The maximum atomic E-state index is 5.75. The number of hydrogen-bond acceptors (Lipinski definition) is 2. The van der Waals surface area contributed by atoms with Gasteiger partial charge >= 0.3 is 0 Å². The molecule has 2 rings (SSSR count). The number of benzene rings is 1. The number of nitrogens with one attached hydrogen (secondary N) is 1. The zero-order chi connectivity index (χ0) is 12.1. The van der Waals surface area contributed by atoms with E-state index in [1.807, 2.05) is 0 Å². The van der Waals surface area contributed by atoms with Crippen molar-refractivity contribution in [2.24, 2.45) is 5.92 Å². The summed E-state index contributed by atoms with van der Waals surface area (Å²) in [6, 6.07) is 8.44. The van der Waals surface area contributed by atoms with Crippen LogP contribution in [0.5, 0.6) is 5.75 Å². The van der Waals surface area contributed by atoms with Crippen LogP contribution in [-0.4, -0.2) is 12.6 Å². The Labute approximate surface area is 104 Å². The molecule has 0 bridgehead atoms. The first-order chi connectivity index (χ1) is 8.28. The van der Waals surface area contributed by atoms with Crippen LogP contribution in [0.1, 0.15) is 38.7 Å². The minimum absolute atomic E-state index is 0.300. The van der Waals surface area contributed by atoms with Crippen LogP contribution in [0, 0.1) is 5.92 Å². The van der Waals surface area contributed by atoms with E-state index in [1.54, 1.807) is 0 Å². The highest BCUT2D eigenvalue weighted by atomic mass is 16.5. The van der Waals surface area contributed by atoms with Crippen molar-refractivity contribution in [3.05, 3.63) is 29.8 Å². The van der Waals surface area contributed by atoms with Crippen molar-refractivity contribution in [2.75, 3.05) is 6.54 Å². The fraction of sp³-hybridized carbons (Fsp3) is 0.600. The van der Waals surface area contributed by atoms with Crippen molar-refractivity contribution in [2.45, 2.75) is 45.8 Å². The molecule has 1 aromatic rings. The molecule has 0 radical (unpaired) electrons. The first-order valence-corrected chi connectivity index (χ1v) is 6.74. The summed E-state index contributed by atoms with van der Waals surface area (Å²) in [7, 11) is 0. The van der Waals surface area contributed by atoms with Crippen molar-refractivity contribution in [1.82, 2.24) is 5.32 Å². The van der Waals surface area contributed by atoms with E-state index in [4.69, 9.17) is 4.74 Å². The molecule has 2 heteroatoms. The standard InChI is InChI=1S/C15H23NO/c1-3-12(2)17-15-8-6-14(7-9-15)11-16-10-13-4-5-13/h6-9,12-13,16H,3-5,10-11H2,1-2H3. The smallest absolute Gasteiger partial charge is 0.119 e. The van der Waals surface area contributed by atoms with Crippen LogP contribution in [0.25, 0.3) is 0 Å². The number of hydrogen-bond donors (Lipinski definition) is 1. The molecule has 17 heavy (non-hydrogen) atoms. The van der Waals surface area contributed by atoms with Crippen molar-refractivity contribution in [3.8, 4) is 5.75 Å². The third-order valence-corrected chi connectivity index (χ3v) is 3.29. The van der Waals surface area contributed by atoms with E-state index in [-0.39, 0.29) is 0 Å². The Morgan fingerprint density at radius 2 is 2.00 bits per heavy atom. The third kappa shape index (κ3) is 4.39. The molecule has 1 unspecified atom stereocenters. The van der Waals surface area contributed by atoms with Crippen molar-refractivity contribution in [1.29, 1.82) is 0 Å². The lowest BCUT2D eigenvalue weighted by atomic mass is 10.2. The lowest BCUT2D eigenvalue weighted by Gasteiger charge is -2.12. The van der Waals surface area contributed by atoms with Crippen LogP contribution in [-0.2, 0) is 6.54 Å². The van der Waals surface area contributed by atoms with Gasteiger partial charge in [0, 0.05) is 6.54 Å². The van der Waals surface area contributed by atoms with Gasteiger partial charge in [0.25, 0.3) is 0 Å². The second-order valence-electron chi connectivity index (χ2n) is 5.05. The summed E-state index contributed by atoms with van der Waals surface area (Å²) in [5.41, 5.74) is 1.34. The fourth-order valence-electron chi connectivity index (χ4n) is 1.74. The van der Waals surface area contributed by atoms with Crippen LogP contribution in [0.2, 0.25) is 0 Å². The Bertz CT molecular complexity index is 329. The monoisotopic (exact) mass is 233 g/mol. The van der Waals surface area contributed by atoms with E-state index >= 15 is 0 Å². The van der Waals surface area contributed by atoms with Gasteiger partial charge in [-0.05, 0) is 56.3 Å². The van der Waals surface area contributed by atoms with Gasteiger partial charge < -0.3 is 10.1 Å². The van der Waals surface area contributed by atoms with Gasteiger partial charge in [-0.15, -0.1) is 0 Å². The molecule has 0 amide bonds. The Morgan fingerprint density at radius 1 is 1.29 bits per heavy atom. The minimum atomic E-state index is 0.300. The SMILES string of the molecule is CCC(C)Oc1ccc(CNCC2CC2)cc1. The molecule has 0 aliphatic heterocycles. The fourth-order valence-corrected chi connectivity index (χ4v) is 1.74. The Kier molecular flexibility index (Phi) is 4.43. The molecular weight excluding hydrogens is 210 g/mol. The molecule has 0 saturated heterocycles. The first-order valence-electron chi connectivity index (χ1n) is 6.74. The van der Waals surface area contributed by atoms with E-state index in [1.165, 1.54) is 24.9 Å². The number of ether oxygens (including phenoxy) is 1. The van der Waals surface area contributed by atoms with E-state index in [0.29, 0.717) is 6.10 Å². The quantitative estimate of drug-likeness (QED) is 0.779. The van der Waals surface area contributed by atoms with E-state index in [9.17, 15) is 0 Å². The molecular formula is C15H23NO. The Hall–Kier alpha value is -1.02. The van der Waals surface area contributed by atoms with E-state index < -0.39 is 0 Å². The normalized spacial score (nSPS) is 16.8. The molecule has 1 atom stereocenters. The summed E-state index contributed by atoms with van der Waals surface area (Å²) in [6.07, 6.45) is 4.17. The predicted octanol–water partition coefficient (Wildman–Crippen LogP) is 3.36. The van der Waals surface area contributed by atoms with Gasteiger partial charge in [-0.2, -0.15) is 0 Å². The second kappa shape index (κ2) is 6.06. The van der Waals surface area contributed by atoms with E-state index in [2.05, 4.69) is 43.4 Å². The van der Waals surface area contributed by atoms with Crippen LogP contribution < -0.4 is 10.1 Å². The van der Waals surface area contributed by atoms with Crippen LogP contribution in [0.4, 0.5) is 0 Å². The molecule has 1 fully saturated rings. The van der Waals surface area contributed by atoms with Gasteiger partial charge in [0.15, 0.2) is 0 Å². The average Bonchev–Trinajstić information content (AvgIpc) is 3.15. The highest BCUT2D eigenvalue weighted by Crippen LogP contribution is 2.27. The van der Waals surface area contributed by atoms with Crippen LogP contribution in [0.15, 0.2) is 24.3 Å². The van der Waals surface area contributed by atoms with Gasteiger partial charge in [0.05, 0.1) is 6.10 Å². The molecule has 1 N–H and O–H groups in total. The van der Waals surface area contributed by atoms with Crippen molar-refractivity contribution in [3.63, 3.8) is 0 Å². The van der Waals surface area contributed by atoms with Gasteiger partial charge in [-0.1, -0.05) is 19.1 Å². The molecule has 1 aliphatic rings.